The van der Waals surface area contributed by atoms with Crippen LogP contribution in [-0.4, -0.2) is 0 Å². The van der Waals surface area contributed by atoms with Gasteiger partial charge in [-0.1, -0.05) is 78.5 Å². The molecule has 0 saturated heterocycles. The second kappa shape index (κ2) is 6.00. The first kappa shape index (κ1) is 14.9. The quantitative estimate of drug-likeness (QED) is 0.776. The highest BCUT2D eigenvalue weighted by atomic mass is 35.5. The molecule has 2 aromatic rings. The molecule has 3 heteroatoms. The maximum absolute atomic E-state index is 6.88. The Morgan fingerprint density at radius 3 is 2.48 bits per heavy atom. The van der Waals surface area contributed by atoms with Crippen LogP contribution in [0.5, 0.6) is 0 Å². The summed E-state index contributed by atoms with van der Waals surface area (Å²) in [5, 5.41) is 1.18. The first-order chi connectivity index (χ1) is 10.1. The summed E-state index contributed by atoms with van der Waals surface area (Å²) >= 11 is 12.7. The normalized spacial score (nSPS) is 25.8. The van der Waals surface area contributed by atoms with Gasteiger partial charge in [0.15, 0.2) is 0 Å². The van der Waals surface area contributed by atoms with E-state index < -0.39 is 5.54 Å². The minimum Gasteiger partial charge on any atom is -0.321 e. The lowest BCUT2D eigenvalue weighted by atomic mass is 9.67. The van der Waals surface area contributed by atoms with Gasteiger partial charge in [-0.3, -0.25) is 0 Å². The molecule has 1 aliphatic carbocycles. The van der Waals surface area contributed by atoms with Crippen LogP contribution >= 0.6 is 23.2 Å². The van der Waals surface area contributed by atoms with Crippen LogP contribution in [0.2, 0.25) is 10.0 Å². The van der Waals surface area contributed by atoms with E-state index in [2.05, 4.69) is 24.3 Å². The Bertz CT molecular complexity index is 626. The van der Waals surface area contributed by atoms with Gasteiger partial charge in [-0.25, -0.2) is 0 Å². The van der Waals surface area contributed by atoms with Gasteiger partial charge in [-0.2, -0.15) is 0 Å². The fourth-order valence-electron chi connectivity index (χ4n) is 3.53. The first-order valence-corrected chi connectivity index (χ1v) is 8.17. The van der Waals surface area contributed by atoms with Crippen molar-refractivity contribution in [3.8, 4) is 0 Å². The minimum absolute atomic E-state index is 0.281. The Morgan fingerprint density at radius 2 is 1.71 bits per heavy atom. The topological polar surface area (TPSA) is 26.0 Å². The van der Waals surface area contributed by atoms with Crippen molar-refractivity contribution in [2.45, 2.75) is 37.1 Å². The van der Waals surface area contributed by atoms with Gasteiger partial charge < -0.3 is 5.73 Å². The molecule has 1 saturated carbocycles. The number of hydrogen-bond acceptors (Lipinski definition) is 1. The Morgan fingerprint density at radius 1 is 0.952 bits per heavy atom. The van der Waals surface area contributed by atoms with Crippen molar-refractivity contribution < 1.29 is 0 Å². The summed E-state index contributed by atoms with van der Waals surface area (Å²) in [7, 11) is 0. The molecule has 0 spiro atoms. The van der Waals surface area contributed by atoms with E-state index in [1.807, 2.05) is 24.3 Å². The van der Waals surface area contributed by atoms with Crippen molar-refractivity contribution in [3.63, 3.8) is 0 Å². The summed E-state index contributed by atoms with van der Waals surface area (Å²) in [5.74, 6) is 0.281. The molecule has 0 aromatic heterocycles. The van der Waals surface area contributed by atoms with Gasteiger partial charge in [-0.15, -0.1) is 0 Å². The lowest BCUT2D eigenvalue weighted by Gasteiger charge is -2.42. The SMILES string of the molecule is NC1(c2cccc(Cl)c2Cl)CCCCC1c1ccccc1. The van der Waals surface area contributed by atoms with E-state index in [0.29, 0.717) is 10.0 Å². The third-order valence-corrected chi connectivity index (χ3v) is 5.43. The van der Waals surface area contributed by atoms with Crippen molar-refractivity contribution in [3.05, 3.63) is 69.7 Å². The van der Waals surface area contributed by atoms with Gasteiger partial charge in [0.05, 0.1) is 10.0 Å². The zero-order valence-electron chi connectivity index (χ0n) is 11.9. The molecular weight excluding hydrogens is 301 g/mol. The Balaban J connectivity index is 2.09. The van der Waals surface area contributed by atoms with Gasteiger partial charge in [0.2, 0.25) is 0 Å². The standard InChI is InChI=1S/C18H19Cl2N/c19-16-11-6-10-15(17(16)20)18(21)12-5-4-9-14(18)13-7-2-1-3-8-13/h1-3,6-8,10-11,14H,4-5,9,12,21H2. The third-order valence-electron chi connectivity index (χ3n) is 4.61. The Labute approximate surface area is 136 Å². The molecular formula is C18H19Cl2N. The molecule has 2 N–H and O–H groups in total. The molecule has 0 aliphatic heterocycles. The van der Waals surface area contributed by atoms with Crippen LogP contribution < -0.4 is 5.73 Å². The van der Waals surface area contributed by atoms with Gasteiger partial charge >= 0.3 is 0 Å². The highest BCUT2D eigenvalue weighted by Gasteiger charge is 2.41. The van der Waals surface area contributed by atoms with Crippen LogP contribution in [0.25, 0.3) is 0 Å². The maximum Gasteiger partial charge on any atom is 0.0643 e. The molecule has 1 aliphatic rings. The first-order valence-electron chi connectivity index (χ1n) is 7.41. The van der Waals surface area contributed by atoms with Gasteiger partial charge in [0, 0.05) is 11.5 Å². The summed E-state index contributed by atoms with van der Waals surface area (Å²) in [6.45, 7) is 0. The molecule has 2 unspecified atom stereocenters. The summed E-state index contributed by atoms with van der Waals surface area (Å²) in [6.07, 6.45) is 4.36. The largest absolute Gasteiger partial charge is 0.321 e. The summed E-state index contributed by atoms with van der Waals surface area (Å²) in [6, 6.07) is 16.3. The number of hydrogen-bond donors (Lipinski definition) is 1. The zero-order chi connectivity index (χ0) is 14.9. The lowest BCUT2D eigenvalue weighted by molar-refractivity contribution is 0.255. The van der Waals surface area contributed by atoms with Crippen LogP contribution in [0.1, 0.15) is 42.7 Å². The molecule has 1 fully saturated rings. The number of halogens is 2. The van der Waals surface area contributed by atoms with E-state index in [1.54, 1.807) is 0 Å². The average Bonchev–Trinajstić information content (AvgIpc) is 2.51. The van der Waals surface area contributed by atoms with E-state index in [-0.39, 0.29) is 5.92 Å². The van der Waals surface area contributed by atoms with Crippen molar-refractivity contribution in [2.75, 3.05) is 0 Å². The third kappa shape index (κ3) is 2.70. The van der Waals surface area contributed by atoms with Crippen molar-refractivity contribution in [1.29, 1.82) is 0 Å². The summed E-state index contributed by atoms with van der Waals surface area (Å²) in [4.78, 5) is 0. The van der Waals surface area contributed by atoms with Gasteiger partial charge in [-0.05, 0) is 30.0 Å². The molecule has 3 rings (SSSR count). The van der Waals surface area contributed by atoms with Crippen molar-refractivity contribution in [2.24, 2.45) is 5.73 Å². The average molecular weight is 320 g/mol. The molecule has 2 aromatic carbocycles. The van der Waals surface area contributed by atoms with Crippen LogP contribution in [0, 0.1) is 0 Å². The van der Waals surface area contributed by atoms with Crippen molar-refractivity contribution >= 4 is 23.2 Å². The molecule has 1 nitrogen and oxygen atoms in total. The minimum atomic E-state index is -0.443. The predicted molar refractivity (Wildman–Crippen MR) is 90.0 cm³/mol. The van der Waals surface area contributed by atoms with E-state index in [1.165, 1.54) is 12.0 Å². The molecule has 0 heterocycles. The maximum atomic E-state index is 6.88. The Hall–Kier alpha value is -1.02. The highest BCUT2D eigenvalue weighted by molar-refractivity contribution is 6.42. The molecule has 0 bridgehead atoms. The van der Waals surface area contributed by atoms with E-state index in [4.69, 9.17) is 28.9 Å². The van der Waals surface area contributed by atoms with Crippen LogP contribution in [-0.2, 0) is 5.54 Å². The second-order valence-corrected chi connectivity index (χ2v) is 6.64. The fourth-order valence-corrected chi connectivity index (χ4v) is 4.01. The molecule has 2 atom stereocenters. The summed E-state index contributed by atoms with van der Waals surface area (Å²) in [5.41, 5.74) is 8.71. The number of nitrogens with two attached hydrogens (primary N) is 1. The van der Waals surface area contributed by atoms with Crippen LogP contribution in [0.3, 0.4) is 0 Å². The molecule has 21 heavy (non-hydrogen) atoms. The van der Waals surface area contributed by atoms with Gasteiger partial charge in [0.1, 0.15) is 0 Å². The smallest absolute Gasteiger partial charge is 0.0643 e. The second-order valence-electron chi connectivity index (χ2n) is 5.85. The monoisotopic (exact) mass is 319 g/mol. The van der Waals surface area contributed by atoms with E-state index in [9.17, 15) is 0 Å². The number of benzene rings is 2. The molecule has 0 amide bonds. The summed E-state index contributed by atoms with van der Waals surface area (Å²) < 4.78 is 0. The molecule has 0 radical (unpaired) electrons. The van der Waals surface area contributed by atoms with E-state index in [0.717, 1.165) is 24.8 Å². The van der Waals surface area contributed by atoms with Crippen LogP contribution in [0.15, 0.2) is 48.5 Å². The predicted octanol–water partition coefficient (Wildman–Crippen LogP) is 5.51. The highest BCUT2D eigenvalue weighted by Crippen LogP contribution is 2.48. The zero-order valence-corrected chi connectivity index (χ0v) is 13.4. The molecule has 110 valence electrons. The van der Waals surface area contributed by atoms with Gasteiger partial charge in [0.25, 0.3) is 0 Å². The lowest BCUT2D eigenvalue weighted by Crippen LogP contribution is -2.45. The van der Waals surface area contributed by atoms with Crippen LogP contribution in [0.4, 0.5) is 0 Å². The fraction of sp³-hybridized carbons (Fsp3) is 0.333. The van der Waals surface area contributed by atoms with E-state index >= 15 is 0 Å². The number of rotatable bonds is 2. The van der Waals surface area contributed by atoms with Crippen molar-refractivity contribution in [1.82, 2.24) is 0 Å². The Kier molecular flexibility index (Phi) is 4.26.